The molecule has 0 unspecified atom stereocenters. The SMILES string of the molecule is Cn1cnc(S(=O)(=O)NCC2(CO)CCCC2)c1Cl. The van der Waals surface area contributed by atoms with Gasteiger partial charge >= 0.3 is 0 Å². The zero-order chi connectivity index (χ0) is 14.1. The summed E-state index contributed by atoms with van der Waals surface area (Å²) in [6.45, 7) is 0.213. The lowest BCUT2D eigenvalue weighted by atomic mass is 9.88. The smallest absolute Gasteiger partial charge is 0.261 e. The van der Waals surface area contributed by atoms with Crippen LogP contribution in [0.5, 0.6) is 0 Å². The number of halogens is 1. The molecule has 0 aliphatic heterocycles. The van der Waals surface area contributed by atoms with E-state index in [0.29, 0.717) is 0 Å². The zero-order valence-corrected chi connectivity index (χ0v) is 12.3. The Hall–Kier alpha value is -0.630. The van der Waals surface area contributed by atoms with Crippen molar-refractivity contribution >= 4 is 21.6 Å². The average molecular weight is 308 g/mol. The van der Waals surface area contributed by atoms with Crippen LogP contribution in [0.2, 0.25) is 5.15 Å². The number of aliphatic hydroxyl groups excluding tert-OH is 1. The summed E-state index contributed by atoms with van der Waals surface area (Å²) >= 11 is 5.89. The lowest BCUT2D eigenvalue weighted by Gasteiger charge is -2.26. The minimum absolute atomic E-state index is 0.00846. The van der Waals surface area contributed by atoms with Gasteiger partial charge in [0.25, 0.3) is 10.0 Å². The van der Waals surface area contributed by atoms with Gasteiger partial charge in [-0.05, 0) is 12.8 Å². The molecule has 0 saturated heterocycles. The molecular formula is C11H18ClN3O3S. The largest absolute Gasteiger partial charge is 0.396 e. The van der Waals surface area contributed by atoms with E-state index in [1.165, 1.54) is 10.9 Å². The summed E-state index contributed by atoms with van der Waals surface area (Å²) in [5.74, 6) is 0. The van der Waals surface area contributed by atoms with Crippen LogP contribution >= 0.6 is 11.6 Å². The second-order valence-electron chi connectivity index (χ2n) is 5.14. The quantitative estimate of drug-likeness (QED) is 0.846. The van der Waals surface area contributed by atoms with Crippen molar-refractivity contribution in [2.24, 2.45) is 12.5 Å². The summed E-state index contributed by atoms with van der Waals surface area (Å²) in [4.78, 5) is 3.80. The van der Waals surface area contributed by atoms with Gasteiger partial charge in [0.05, 0.1) is 6.33 Å². The number of aromatic nitrogens is 2. The van der Waals surface area contributed by atoms with E-state index in [1.54, 1.807) is 7.05 Å². The molecule has 1 aromatic rings. The number of hydrogen-bond donors (Lipinski definition) is 2. The third kappa shape index (κ3) is 2.94. The molecule has 0 atom stereocenters. The topological polar surface area (TPSA) is 84.2 Å². The molecule has 2 rings (SSSR count). The lowest BCUT2D eigenvalue weighted by Crippen LogP contribution is -2.38. The molecule has 1 aromatic heterocycles. The molecule has 1 fully saturated rings. The molecule has 0 radical (unpaired) electrons. The highest BCUT2D eigenvalue weighted by Gasteiger charge is 2.35. The molecular weight excluding hydrogens is 290 g/mol. The van der Waals surface area contributed by atoms with Gasteiger partial charge in [0, 0.05) is 25.6 Å². The number of nitrogens with zero attached hydrogens (tertiary/aromatic N) is 2. The molecule has 1 heterocycles. The van der Waals surface area contributed by atoms with Gasteiger partial charge in [-0.25, -0.2) is 18.1 Å². The molecule has 0 bridgehead atoms. The summed E-state index contributed by atoms with van der Waals surface area (Å²) in [6.07, 6.45) is 5.07. The van der Waals surface area contributed by atoms with E-state index in [2.05, 4.69) is 9.71 Å². The predicted molar refractivity (Wildman–Crippen MR) is 71.4 cm³/mol. The second-order valence-corrected chi connectivity index (χ2v) is 7.18. The van der Waals surface area contributed by atoms with Crippen LogP contribution in [-0.2, 0) is 17.1 Å². The maximum atomic E-state index is 12.1. The molecule has 108 valence electrons. The van der Waals surface area contributed by atoms with Crippen molar-refractivity contribution in [3.63, 3.8) is 0 Å². The van der Waals surface area contributed by atoms with Gasteiger partial charge in [-0.3, -0.25) is 0 Å². The van der Waals surface area contributed by atoms with Gasteiger partial charge in [-0.15, -0.1) is 0 Å². The van der Waals surface area contributed by atoms with Crippen LogP contribution in [0.15, 0.2) is 11.4 Å². The van der Waals surface area contributed by atoms with E-state index in [9.17, 15) is 13.5 Å². The monoisotopic (exact) mass is 307 g/mol. The number of hydrogen-bond acceptors (Lipinski definition) is 4. The van der Waals surface area contributed by atoms with Crippen molar-refractivity contribution in [2.75, 3.05) is 13.2 Å². The van der Waals surface area contributed by atoms with E-state index >= 15 is 0 Å². The van der Waals surface area contributed by atoms with E-state index < -0.39 is 10.0 Å². The molecule has 19 heavy (non-hydrogen) atoms. The first-order chi connectivity index (χ1) is 8.90. The fraction of sp³-hybridized carbons (Fsp3) is 0.727. The highest BCUT2D eigenvalue weighted by molar-refractivity contribution is 7.89. The number of sulfonamides is 1. The van der Waals surface area contributed by atoms with Crippen LogP contribution in [0.4, 0.5) is 0 Å². The van der Waals surface area contributed by atoms with Crippen molar-refractivity contribution in [3.8, 4) is 0 Å². The van der Waals surface area contributed by atoms with Crippen molar-refractivity contribution in [3.05, 3.63) is 11.5 Å². The summed E-state index contributed by atoms with van der Waals surface area (Å²) in [7, 11) is -2.11. The van der Waals surface area contributed by atoms with Crippen LogP contribution in [0.3, 0.4) is 0 Å². The fourth-order valence-corrected chi connectivity index (χ4v) is 3.99. The Morgan fingerprint density at radius 3 is 2.63 bits per heavy atom. The average Bonchev–Trinajstić information content (AvgIpc) is 2.97. The van der Waals surface area contributed by atoms with Crippen molar-refractivity contribution in [2.45, 2.75) is 30.7 Å². The van der Waals surface area contributed by atoms with Gasteiger partial charge < -0.3 is 9.67 Å². The summed E-state index contributed by atoms with van der Waals surface area (Å²) in [5.41, 5.74) is -0.339. The van der Waals surface area contributed by atoms with E-state index in [-0.39, 0.29) is 28.7 Å². The Bertz CT molecular complexity index is 550. The Labute approximate surface area is 117 Å². The molecule has 0 amide bonds. The molecule has 2 N–H and O–H groups in total. The highest BCUT2D eigenvalue weighted by Crippen LogP contribution is 2.37. The summed E-state index contributed by atoms with van der Waals surface area (Å²) < 4.78 is 28.2. The zero-order valence-electron chi connectivity index (χ0n) is 10.8. The Kier molecular flexibility index (Phi) is 4.20. The molecule has 1 aliphatic carbocycles. The van der Waals surface area contributed by atoms with Gasteiger partial charge in [0.1, 0.15) is 5.15 Å². The van der Waals surface area contributed by atoms with Crippen LogP contribution in [0.25, 0.3) is 0 Å². The predicted octanol–water partition coefficient (Wildman–Crippen LogP) is 0.904. The molecule has 8 heteroatoms. The second kappa shape index (κ2) is 5.40. The first-order valence-corrected chi connectivity index (χ1v) is 8.04. The molecule has 0 aromatic carbocycles. The fourth-order valence-electron chi connectivity index (χ4n) is 2.41. The normalized spacial score (nSPS) is 18.9. The minimum atomic E-state index is -3.73. The van der Waals surface area contributed by atoms with E-state index in [1.807, 2.05) is 0 Å². The Morgan fingerprint density at radius 2 is 2.16 bits per heavy atom. The molecule has 1 aliphatic rings. The van der Waals surface area contributed by atoms with Gasteiger partial charge in [0.2, 0.25) is 5.03 Å². The minimum Gasteiger partial charge on any atom is -0.396 e. The number of nitrogens with one attached hydrogen (secondary N) is 1. The van der Waals surface area contributed by atoms with Gasteiger partial charge in [-0.1, -0.05) is 24.4 Å². The van der Waals surface area contributed by atoms with Crippen LogP contribution in [0, 0.1) is 5.41 Å². The highest BCUT2D eigenvalue weighted by atomic mass is 35.5. The number of aryl methyl sites for hydroxylation is 1. The molecule has 1 saturated carbocycles. The maximum Gasteiger partial charge on any atom is 0.261 e. The van der Waals surface area contributed by atoms with E-state index in [4.69, 9.17) is 11.6 Å². The third-order valence-electron chi connectivity index (χ3n) is 3.73. The van der Waals surface area contributed by atoms with Crippen LogP contribution in [0.1, 0.15) is 25.7 Å². The Morgan fingerprint density at radius 1 is 1.53 bits per heavy atom. The van der Waals surface area contributed by atoms with Gasteiger partial charge in [-0.2, -0.15) is 0 Å². The van der Waals surface area contributed by atoms with Gasteiger partial charge in [0.15, 0.2) is 0 Å². The maximum absolute atomic E-state index is 12.1. The number of rotatable bonds is 5. The first-order valence-electron chi connectivity index (χ1n) is 6.18. The first kappa shape index (κ1) is 14.8. The van der Waals surface area contributed by atoms with E-state index in [0.717, 1.165) is 25.7 Å². The van der Waals surface area contributed by atoms with Crippen molar-refractivity contribution < 1.29 is 13.5 Å². The summed E-state index contributed by atoms with van der Waals surface area (Å²) in [5, 5.41) is 9.38. The lowest BCUT2D eigenvalue weighted by molar-refractivity contribution is 0.134. The summed E-state index contributed by atoms with van der Waals surface area (Å²) in [6, 6.07) is 0. The standard InChI is InChI=1S/C11H18ClN3O3S/c1-15-8-13-10(9(15)12)19(17,18)14-6-11(7-16)4-2-3-5-11/h8,14,16H,2-7H2,1H3. The third-order valence-corrected chi connectivity index (χ3v) is 5.62. The van der Waals surface area contributed by atoms with Crippen molar-refractivity contribution in [1.29, 1.82) is 0 Å². The van der Waals surface area contributed by atoms with Crippen molar-refractivity contribution in [1.82, 2.24) is 14.3 Å². The van der Waals surface area contributed by atoms with Crippen LogP contribution in [-0.4, -0.2) is 36.2 Å². The Balaban J connectivity index is 2.12. The molecule has 6 nitrogen and oxygen atoms in total. The van der Waals surface area contributed by atoms with Crippen LogP contribution < -0.4 is 4.72 Å². The number of aliphatic hydroxyl groups is 1. The number of imidazole rings is 1. The molecule has 0 spiro atoms.